The first kappa shape index (κ1) is 16.3. The van der Waals surface area contributed by atoms with Gasteiger partial charge in [0.05, 0.1) is 6.54 Å². The van der Waals surface area contributed by atoms with Gasteiger partial charge in [0.1, 0.15) is 0 Å². The van der Waals surface area contributed by atoms with Gasteiger partial charge in [-0.3, -0.25) is 9.98 Å². The Morgan fingerprint density at radius 1 is 0.824 bits per heavy atom. The van der Waals surface area contributed by atoms with Gasteiger partial charge >= 0.3 is 0 Å². The monoisotopic (exact) mass is 239 g/mol. The molecule has 17 heavy (non-hydrogen) atoms. The van der Waals surface area contributed by atoms with Crippen molar-refractivity contribution in [2.45, 2.75) is 52.4 Å². The van der Waals surface area contributed by atoms with E-state index in [-0.39, 0.29) is 0 Å². The Bertz CT molecular complexity index is 188. The highest BCUT2D eigenvalue weighted by Gasteiger charge is 1.86. The van der Waals surface area contributed by atoms with Crippen molar-refractivity contribution in [1.82, 2.24) is 5.32 Å². The summed E-state index contributed by atoms with van der Waals surface area (Å²) in [6.45, 7) is 8.27. The molecule has 0 spiro atoms. The Balaban J connectivity index is 3.05. The van der Waals surface area contributed by atoms with Crippen LogP contribution in [0.25, 0.3) is 0 Å². The van der Waals surface area contributed by atoms with E-state index < -0.39 is 0 Å². The maximum Gasteiger partial charge on any atom is 0.0510 e. The van der Waals surface area contributed by atoms with Gasteiger partial charge in [0.2, 0.25) is 0 Å². The lowest BCUT2D eigenvalue weighted by Gasteiger charge is -2.00. The van der Waals surface area contributed by atoms with Crippen molar-refractivity contribution in [3.05, 3.63) is 0 Å². The van der Waals surface area contributed by atoms with Gasteiger partial charge in [-0.15, -0.1) is 0 Å². The zero-order valence-electron chi connectivity index (χ0n) is 11.6. The predicted octanol–water partition coefficient (Wildman–Crippen LogP) is 3.10. The third kappa shape index (κ3) is 15.3. The SMILES string of the molecule is CCCC=NCCNCCCN=CCCCC. The second-order valence-electron chi connectivity index (χ2n) is 4.21. The molecular formula is C14H29N3. The summed E-state index contributed by atoms with van der Waals surface area (Å²) in [4.78, 5) is 8.68. The fourth-order valence-electron chi connectivity index (χ4n) is 1.35. The fraction of sp³-hybridized carbons (Fsp3) is 0.857. The highest BCUT2D eigenvalue weighted by molar-refractivity contribution is 5.57. The van der Waals surface area contributed by atoms with E-state index >= 15 is 0 Å². The maximum atomic E-state index is 4.37. The van der Waals surface area contributed by atoms with Crippen LogP contribution in [0.15, 0.2) is 9.98 Å². The van der Waals surface area contributed by atoms with Crippen LogP contribution in [0.5, 0.6) is 0 Å². The van der Waals surface area contributed by atoms with Crippen molar-refractivity contribution >= 4 is 12.4 Å². The molecule has 0 aromatic heterocycles. The molecule has 0 aromatic rings. The van der Waals surface area contributed by atoms with E-state index in [1.807, 2.05) is 6.21 Å². The largest absolute Gasteiger partial charge is 0.315 e. The summed E-state index contributed by atoms with van der Waals surface area (Å²) in [5.74, 6) is 0. The Morgan fingerprint density at radius 2 is 1.59 bits per heavy atom. The van der Waals surface area contributed by atoms with Crippen molar-refractivity contribution in [3.63, 3.8) is 0 Å². The van der Waals surface area contributed by atoms with Crippen molar-refractivity contribution in [1.29, 1.82) is 0 Å². The molecule has 0 aliphatic carbocycles. The van der Waals surface area contributed by atoms with Crippen LogP contribution in [0.1, 0.15) is 52.4 Å². The van der Waals surface area contributed by atoms with Gasteiger partial charge < -0.3 is 5.32 Å². The first-order valence-electron chi connectivity index (χ1n) is 7.09. The van der Waals surface area contributed by atoms with E-state index in [9.17, 15) is 0 Å². The molecule has 3 nitrogen and oxygen atoms in total. The molecule has 0 atom stereocenters. The second kappa shape index (κ2) is 15.3. The van der Waals surface area contributed by atoms with Gasteiger partial charge in [-0.1, -0.05) is 26.7 Å². The van der Waals surface area contributed by atoms with Crippen molar-refractivity contribution in [3.8, 4) is 0 Å². The lowest BCUT2D eigenvalue weighted by atomic mass is 10.3. The molecule has 0 saturated heterocycles. The average Bonchev–Trinajstić information content (AvgIpc) is 2.35. The van der Waals surface area contributed by atoms with E-state index in [1.54, 1.807) is 0 Å². The highest BCUT2D eigenvalue weighted by Crippen LogP contribution is 1.90. The zero-order chi connectivity index (χ0) is 12.6. The van der Waals surface area contributed by atoms with E-state index in [1.165, 1.54) is 19.3 Å². The van der Waals surface area contributed by atoms with E-state index in [4.69, 9.17) is 0 Å². The van der Waals surface area contributed by atoms with Crippen LogP contribution in [0.2, 0.25) is 0 Å². The number of hydrogen-bond donors (Lipinski definition) is 1. The van der Waals surface area contributed by atoms with Crippen LogP contribution in [-0.2, 0) is 0 Å². The molecule has 0 aliphatic heterocycles. The molecule has 3 heteroatoms. The number of unbranched alkanes of at least 4 members (excludes halogenated alkanes) is 3. The van der Waals surface area contributed by atoms with Crippen LogP contribution in [0.4, 0.5) is 0 Å². The van der Waals surface area contributed by atoms with Crippen LogP contribution in [0.3, 0.4) is 0 Å². The summed E-state index contributed by atoms with van der Waals surface area (Å²) in [6, 6.07) is 0. The topological polar surface area (TPSA) is 36.8 Å². The van der Waals surface area contributed by atoms with Crippen LogP contribution < -0.4 is 5.32 Å². The summed E-state index contributed by atoms with van der Waals surface area (Å²) in [6.07, 6.45) is 11.2. The van der Waals surface area contributed by atoms with Gasteiger partial charge in [0.25, 0.3) is 0 Å². The third-order valence-electron chi connectivity index (χ3n) is 2.42. The number of nitrogens with one attached hydrogen (secondary N) is 1. The third-order valence-corrected chi connectivity index (χ3v) is 2.42. The Morgan fingerprint density at radius 3 is 2.35 bits per heavy atom. The maximum absolute atomic E-state index is 4.37. The lowest BCUT2D eigenvalue weighted by molar-refractivity contribution is 0.660. The average molecular weight is 239 g/mol. The molecule has 0 rings (SSSR count). The smallest absolute Gasteiger partial charge is 0.0510 e. The van der Waals surface area contributed by atoms with E-state index in [0.29, 0.717) is 0 Å². The predicted molar refractivity (Wildman–Crippen MR) is 78.6 cm³/mol. The first-order chi connectivity index (χ1) is 8.41. The molecule has 0 bridgehead atoms. The second-order valence-corrected chi connectivity index (χ2v) is 4.21. The number of hydrogen-bond acceptors (Lipinski definition) is 3. The minimum Gasteiger partial charge on any atom is -0.315 e. The standard InChI is InChI=1S/C14H29N3/c1-3-5-7-10-15-11-8-12-17-14-13-16-9-6-4-2/h9-10,17H,3-8,11-14H2,1-2H3. The Hall–Kier alpha value is -0.700. The molecule has 0 saturated carbocycles. The Kier molecular flexibility index (Phi) is 14.7. The van der Waals surface area contributed by atoms with Gasteiger partial charge in [0.15, 0.2) is 0 Å². The molecule has 0 radical (unpaired) electrons. The summed E-state index contributed by atoms with van der Waals surface area (Å²) >= 11 is 0. The molecule has 0 amide bonds. The molecule has 0 heterocycles. The number of aliphatic imine (C=N–C) groups is 2. The molecule has 1 N–H and O–H groups in total. The quantitative estimate of drug-likeness (QED) is 0.412. The molecule has 0 unspecified atom stereocenters. The lowest BCUT2D eigenvalue weighted by Crippen LogP contribution is -2.19. The minimum absolute atomic E-state index is 0.903. The fourth-order valence-corrected chi connectivity index (χ4v) is 1.35. The normalized spacial score (nSPS) is 11.9. The summed E-state index contributed by atoms with van der Waals surface area (Å²) in [7, 11) is 0. The molecule has 0 aliphatic rings. The van der Waals surface area contributed by atoms with Gasteiger partial charge in [0, 0.05) is 13.1 Å². The highest BCUT2D eigenvalue weighted by atomic mass is 14.9. The first-order valence-corrected chi connectivity index (χ1v) is 7.09. The van der Waals surface area contributed by atoms with Crippen LogP contribution in [-0.4, -0.2) is 38.6 Å². The summed E-state index contributed by atoms with van der Waals surface area (Å²) in [5.41, 5.74) is 0. The van der Waals surface area contributed by atoms with Gasteiger partial charge in [-0.25, -0.2) is 0 Å². The van der Waals surface area contributed by atoms with E-state index in [2.05, 4.69) is 35.4 Å². The molecule has 0 fully saturated rings. The number of nitrogens with zero attached hydrogens (tertiary/aromatic N) is 2. The van der Waals surface area contributed by atoms with Gasteiger partial charge in [-0.2, -0.15) is 0 Å². The minimum atomic E-state index is 0.903. The zero-order valence-corrected chi connectivity index (χ0v) is 11.6. The van der Waals surface area contributed by atoms with E-state index in [0.717, 1.165) is 45.4 Å². The number of rotatable bonds is 12. The summed E-state index contributed by atoms with van der Waals surface area (Å²) in [5, 5.41) is 3.38. The van der Waals surface area contributed by atoms with Crippen molar-refractivity contribution < 1.29 is 0 Å². The molecular weight excluding hydrogens is 210 g/mol. The molecule has 100 valence electrons. The van der Waals surface area contributed by atoms with Crippen molar-refractivity contribution in [2.75, 3.05) is 26.2 Å². The van der Waals surface area contributed by atoms with Crippen LogP contribution in [0, 0.1) is 0 Å². The Labute approximate surface area is 107 Å². The van der Waals surface area contributed by atoms with Crippen molar-refractivity contribution in [2.24, 2.45) is 9.98 Å². The summed E-state index contributed by atoms with van der Waals surface area (Å²) < 4.78 is 0. The molecule has 0 aromatic carbocycles. The van der Waals surface area contributed by atoms with Crippen LogP contribution >= 0.6 is 0 Å². The van der Waals surface area contributed by atoms with Gasteiger partial charge in [-0.05, 0) is 44.7 Å².